The maximum absolute atomic E-state index is 12.3. The molecule has 0 saturated heterocycles. The molecule has 2 aromatic carbocycles. The van der Waals surface area contributed by atoms with Gasteiger partial charge < -0.3 is 5.32 Å². The summed E-state index contributed by atoms with van der Waals surface area (Å²) >= 11 is 7.58. The molecule has 23 heavy (non-hydrogen) atoms. The molecule has 0 spiro atoms. The minimum atomic E-state index is -3.33. The first-order valence-corrected chi connectivity index (χ1v) is 10.0. The molecule has 0 unspecified atom stereocenters. The zero-order valence-corrected chi connectivity index (χ0v) is 14.8. The van der Waals surface area contributed by atoms with Gasteiger partial charge in [-0.05, 0) is 48.7 Å². The van der Waals surface area contributed by atoms with Crippen molar-refractivity contribution in [1.29, 1.82) is 0 Å². The molecule has 0 fully saturated rings. The smallest absolute Gasteiger partial charge is 0.257 e. The van der Waals surface area contributed by atoms with E-state index in [4.69, 9.17) is 11.6 Å². The van der Waals surface area contributed by atoms with Gasteiger partial charge in [-0.1, -0.05) is 11.6 Å². The highest BCUT2D eigenvalue weighted by Gasteiger charge is 2.12. The predicted octanol–water partition coefficient (Wildman–Crippen LogP) is 3.69. The first-order valence-electron chi connectivity index (χ1n) is 6.51. The summed E-state index contributed by atoms with van der Waals surface area (Å²) < 4.78 is 24.7. The maximum atomic E-state index is 12.3. The number of carbonyl (C=O) groups is 1. The molecular formula is C15H15ClN2O3S2. The monoisotopic (exact) mass is 370 g/mol. The highest BCUT2D eigenvalue weighted by atomic mass is 35.5. The third kappa shape index (κ3) is 5.16. The lowest BCUT2D eigenvalue weighted by Crippen LogP contribution is -2.13. The molecule has 0 aliphatic carbocycles. The van der Waals surface area contributed by atoms with E-state index in [1.54, 1.807) is 36.4 Å². The van der Waals surface area contributed by atoms with E-state index >= 15 is 0 Å². The summed E-state index contributed by atoms with van der Waals surface area (Å²) in [7, 11) is -3.33. The lowest BCUT2D eigenvalue weighted by atomic mass is 10.2. The Bertz CT molecular complexity index is 821. The van der Waals surface area contributed by atoms with E-state index in [9.17, 15) is 13.2 Å². The van der Waals surface area contributed by atoms with Gasteiger partial charge in [-0.25, -0.2) is 8.42 Å². The van der Waals surface area contributed by atoms with Crippen LogP contribution >= 0.6 is 23.4 Å². The predicted molar refractivity (Wildman–Crippen MR) is 96.1 cm³/mol. The Morgan fingerprint density at radius 2 is 1.70 bits per heavy atom. The van der Waals surface area contributed by atoms with Gasteiger partial charge in [-0.3, -0.25) is 9.52 Å². The number of hydrogen-bond acceptors (Lipinski definition) is 4. The van der Waals surface area contributed by atoms with Gasteiger partial charge in [0.25, 0.3) is 5.91 Å². The first kappa shape index (κ1) is 17.7. The lowest BCUT2D eigenvalue weighted by Gasteiger charge is -2.09. The van der Waals surface area contributed by atoms with Crippen molar-refractivity contribution in [2.45, 2.75) is 4.90 Å². The molecule has 1 amide bonds. The third-order valence-electron chi connectivity index (χ3n) is 2.86. The summed E-state index contributed by atoms with van der Waals surface area (Å²) in [5.74, 6) is -0.324. The second-order valence-corrected chi connectivity index (χ2v) is 7.79. The standard InChI is InChI=1S/C15H15ClN2O3S2/c1-22-12-7-8-14(16)13(9-12)15(19)17-10-3-5-11(6-4-10)18-23(2,20)21/h3-9,18H,1-2H3,(H,17,19). The molecule has 0 aliphatic rings. The topological polar surface area (TPSA) is 75.3 Å². The molecule has 2 N–H and O–H groups in total. The summed E-state index contributed by atoms with van der Waals surface area (Å²) in [6.45, 7) is 0. The average Bonchev–Trinajstić information content (AvgIpc) is 2.48. The van der Waals surface area contributed by atoms with Crippen molar-refractivity contribution in [3.05, 3.63) is 53.1 Å². The Kier molecular flexibility index (Phi) is 5.56. The van der Waals surface area contributed by atoms with Crippen molar-refractivity contribution in [1.82, 2.24) is 0 Å². The largest absolute Gasteiger partial charge is 0.322 e. The van der Waals surface area contributed by atoms with Crippen molar-refractivity contribution in [2.24, 2.45) is 0 Å². The van der Waals surface area contributed by atoms with Crippen LogP contribution in [0.15, 0.2) is 47.4 Å². The fourth-order valence-corrected chi connectivity index (χ4v) is 3.05. The quantitative estimate of drug-likeness (QED) is 0.787. The number of hydrogen-bond donors (Lipinski definition) is 2. The van der Waals surface area contributed by atoms with Gasteiger partial charge in [0, 0.05) is 16.3 Å². The van der Waals surface area contributed by atoms with E-state index in [1.165, 1.54) is 11.8 Å². The zero-order valence-electron chi connectivity index (χ0n) is 12.5. The van der Waals surface area contributed by atoms with E-state index < -0.39 is 10.0 Å². The van der Waals surface area contributed by atoms with Crippen molar-refractivity contribution in [3.63, 3.8) is 0 Å². The molecule has 8 heteroatoms. The van der Waals surface area contributed by atoms with Crippen LogP contribution in [0.2, 0.25) is 5.02 Å². The van der Waals surface area contributed by atoms with Crippen LogP contribution in [-0.4, -0.2) is 26.8 Å². The fourth-order valence-electron chi connectivity index (χ4n) is 1.84. The summed E-state index contributed by atoms with van der Waals surface area (Å²) in [6.07, 6.45) is 2.99. The molecule has 0 aliphatic heterocycles. The summed E-state index contributed by atoms with van der Waals surface area (Å²) in [6, 6.07) is 11.6. The normalized spacial score (nSPS) is 11.1. The SMILES string of the molecule is CSc1ccc(Cl)c(C(=O)Nc2ccc(NS(C)(=O)=O)cc2)c1. The van der Waals surface area contributed by atoms with Crippen LogP contribution in [0.3, 0.4) is 0 Å². The van der Waals surface area contributed by atoms with Crippen LogP contribution in [0.25, 0.3) is 0 Å². The van der Waals surface area contributed by atoms with Gasteiger partial charge in [0.15, 0.2) is 0 Å². The minimum absolute atomic E-state index is 0.324. The van der Waals surface area contributed by atoms with Gasteiger partial charge in [0.1, 0.15) is 0 Å². The van der Waals surface area contributed by atoms with Crippen LogP contribution in [0.5, 0.6) is 0 Å². The van der Waals surface area contributed by atoms with Crippen LogP contribution < -0.4 is 10.0 Å². The number of amides is 1. The Hall–Kier alpha value is -1.70. The number of halogens is 1. The molecule has 0 aromatic heterocycles. The number of benzene rings is 2. The molecule has 122 valence electrons. The zero-order chi connectivity index (χ0) is 17.0. The molecule has 0 atom stereocenters. The second kappa shape index (κ2) is 7.25. The molecule has 0 saturated carbocycles. The van der Waals surface area contributed by atoms with E-state index in [-0.39, 0.29) is 5.91 Å². The number of anilines is 2. The van der Waals surface area contributed by atoms with E-state index in [0.29, 0.717) is 22.0 Å². The molecular weight excluding hydrogens is 356 g/mol. The van der Waals surface area contributed by atoms with Crippen LogP contribution in [-0.2, 0) is 10.0 Å². The van der Waals surface area contributed by atoms with Crippen molar-refractivity contribution in [2.75, 3.05) is 22.6 Å². The Balaban J connectivity index is 2.14. The second-order valence-electron chi connectivity index (χ2n) is 4.75. The average molecular weight is 371 g/mol. The van der Waals surface area contributed by atoms with Crippen LogP contribution in [0.4, 0.5) is 11.4 Å². The Labute approximate surface area is 144 Å². The van der Waals surface area contributed by atoms with Crippen molar-refractivity contribution >= 4 is 50.7 Å². The summed E-state index contributed by atoms with van der Waals surface area (Å²) in [4.78, 5) is 13.2. The van der Waals surface area contributed by atoms with Crippen molar-refractivity contribution < 1.29 is 13.2 Å². The van der Waals surface area contributed by atoms with Gasteiger partial charge in [0.2, 0.25) is 10.0 Å². The lowest BCUT2D eigenvalue weighted by molar-refractivity contribution is 0.102. The Morgan fingerprint density at radius 1 is 1.09 bits per heavy atom. The number of sulfonamides is 1. The van der Waals surface area contributed by atoms with Crippen LogP contribution in [0.1, 0.15) is 10.4 Å². The number of rotatable bonds is 5. The summed E-state index contributed by atoms with van der Waals surface area (Å²) in [5.41, 5.74) is 1.35. The minimum Gasteiger partial charge on any atom is -0.322 e. The van der Waals surface area contributed by atoms with E-state index in [2.05, 4.69) is 10.0 Å². The highest BCUT2D eigenvalue weighted by molar-refractivity contribution is 7.98. The number of nitrogens with one attached hydrogen (secondary N) is 2. The Morgan fingerprint density at radius 3 is 2.26 bits per heavy atom. The fraction of sp³-hybridized carbons (Fsp3) is 0.133. The van der Waals surface area contributed by atoms with E-state index in [0.717, 1.165) is 11.2 Å². The maximum Gasteiger partial charge on any atom is 0.257 e. The number of carbonyl (C=O) groups excluding carboxylic acids is 1. The third-order valence-corrected chi connectivity index (χ3v) is 4.53. The highest BCUT2D eigenvalue weighted by Crippen LogP contribution is 2.24. The van der Waals surface area contributed by atoms with Gasteiger partial charge in [-0.2, -0.15) is 0 Å². The molecule has 2 aromatic rings. The van der Waals surface area contributed by atoms with Crippen LogP contribution in [0, 0.1) is 0 Å². The van der Waals surface area contributed by atoms with Gasteiger partial charge in [0.05, 0.1) is 16.8 Å². The number of thioether (sulfide) groups is 1. The molecule has 5 nitrogen and oxygen atoms in total. The molecule has 0 radical (unpaired) electrons. The van der Waals surface area contributed by atoms with Crippen molar-refractivity contribution in [3.8, 4) is 0 Å². The van der Waals surface area contributed by atoms with Gasteiger partial charge in [-0.15, -0.1) is 11.8 Å². The molecule has 2 rings (SSSR count). The molecule has 0 bridgehead atoms. The first-order chi connectivity index (χ1) is 10.8. The summed E-state index contributed by atoms with van der Waals surface area (Å²) in [5, 5.41) is 3.10. The van der Waals surface area contributed by atoms with Gasteiger partial charge >= 0.3 is 0 Å². The molecule has 0 heterocycles. The van der Waals surface area contributed by atoms with E-state index in [1.807, 2.05) is 12.3 Å².